The fourth-order valence-electron chi connectivity index (χ4n) is 2.43. The molecular formula is C18H25N3O2S. The molecule has 130 valence electrons. The van der Waals surface area contributed by atoms with E-state index < -0.39 is 10.0 Å². The highest BCUT2D eigenvalue weighted by Gasteiger charge is 2.23. The van der Waals surface area contributed by atoms with Crippen LogP contribution in [0.3, 0.4) is 0 Å². The zero-order chi connectivity index (χ0) is 17.7. The fraction of sp³-hybridized carbons (Fsp3) is 0.556. The third-order valence-corrected chi connectivity index (χ3v) is 5.69. The largest absolute Gasteiger partial charge is 0.243 e. The molecule has 0 saturated heterocycles. The van der Waals surface area contributed by atoms with Crippen molar-refractivity contribution in [2.24, 2.45) is 0 Å². The molecule has 0 amide bonds. The van der Waals surface area contributed by atoms with Crippen molar-refractivity contribution in [3.05, 3.63) is 30.3 Å². The first-order chi connectivity index (χ1) is 11.6. The Morgan fingerprint density at radius 2 is 1.29 bits per heavy atom. The van der Waals surface area contributed by atoms with E-state index in [4.69, 9.17) is 10.5 Å². The van der Waals surface area contributed by atoms with E-state index >= 15 is 0 Å². The van der Waals surface area contributed by atoms with Crippen LogP contribution in [0.1, 0.15) is 51.4 Å². The fourth-order valence-corrected chi connectivity index (χ4v) is 3.97. The molecule has 0 aliphatic heterocycles. The van der Waals surface area contributed by atoms with E-state index in [9.17, 15) is 8.42 Å². The average Bonchev–Trinajstić information content (AvgIpc) is 2.60. The van der Waals surface area contributed by atoms with Crippen molar-refractivity contribution >= 4 is 10.0 Å². The molecule has 1 aromatic rings. The molecule has 0 atom stereocenters. The summed E-state index contributed by atoms with van der Waals surface area (Å²) in [5.41, 5.74) is 0. The number of hydrogen-bond acceptors (Lipinski definition) is 4. The molecule has 5 nitrogen and oxygen atoms in total. The van der Waals surface area contributed by atoms with Crippen LogP contribution in [-0.2, 0) is 10.0 Å². The topological polar surface area (TPSA) is 85.0 Å². The van der Waals surface area contributed by atoms with E-state index in [1.54, 1.807) is 34.6 Å². The van der Waals surface area contributed by atoms with Crippen molar-refractivity contribution in [3.8, 4) is 12.1 Å². The van der Waals surface area contributed by atoms with Gasteiger partial charge in [-0.15, -0.1) is 0 Å². The molecule has 0 unspecified atom stereocenters. The van der Waals surface area contributed by atoms with Gasteiger partial charge in [-0.3, -0.25) is 0 Å². The minimum absolute atomic E-state index is 0.319. The molecule has 0 spiro atoms. The highest BCUT2D eigenvalue weighted by molar-refractivity contribution is 7.89. The molecule has 0 N–H and O–H groups in total. The molecule has 0 aliphatic rings. The van der Waals surface area contributed by atoms with E-state index in [1.807, 2.05) is 0 Å². The molecular weight excluding hydrogens is 322 g/mol. The van der Waals surface area contributed by atoms with Gasteiger partial charge in [-0.05, 0) is 37.8 Å². The summed E-state index contributed by atoms with van der Waals surface area (Å²) in [6, 6.07) is 12.7. The third kappa shape index (κ3) is 7.12. The first kappa shape index (κ1) is 20.2. The van der Waals surface area contributed by atoms with Gasteiger partial charge in [0.1, 0.15) is 0 Å². The Balaban J connectivity index is 2.65. The normalized spacial score (nSPS) is 11.1. The summed E-state index contributed by atoms with van der Waals surface area (Å²) < 4.78 is 27.1. The van der Waals surface area contributed by atoms with Gasteiger partial charge in [0, 0.05) is 25.9 Å². The van der Waals surface area contributed by atoms with Gasteiger partial charge >= 0.3 is 0 Å². The molecule has 0 radical (unpaired) electrons. The summed E-state index contributed by atoms with van der Waals surface area (Å²) >= 11 is 0. The number of benzene rings is 1. The maximum absolute atomic E-state index is 12.8. The van der Waals surface area contributed by atoms with Crippen molar-refractivity contribution in [2.75, 3.05) is 13.1 Å². The van der Waals surface area contributed by atoms with E-state index in [1.165, 1.54) is 0 Å². The van der Waals surface area contributed by atoms with Crippen LogP contribution < -0.4 is 0 Å². The van der Waals surface area contributed by atoms with Gasteiger partial charge < -0.3 is 0 Å². The summed E-state index contributed by atoms with van der Waals surface area (Å²) in [7, 11) is -3.48. The number of hydrogen-bond donors (Lipinski definition) is 0. The van der Waals surface area contributed by atoms with Crippen molar-refractivity contribution < 1.29 is 8.42 Å². The van der Waals surface area contributed by atoms with E-state index in [-0.39, 0.29) is 0 Å². The van der Waals surface area contributed by atoms with E-state index in [0.29, 0.717) is 30.8 Å². The van der Waals surface area contributed by atoms with Crippen molar-refractivity contribution in [1.82, 2.24) is 4.31 Å². The van der Waals surface area contributed by atoms with Crippen LogP contribution in [0.5, 0.6) is 0 Å². The summed E-state index contributed by atoms with van der Waals surface area (Å²) in [4.78, 5) is 0.319. The summed E-state index contributed by atoms with van der Waals surface area (Å²) in [6.07, 6.45) is 5.85. The summed E-state index contributed by atoms with van der Waals surface area (Å²) in [5, 5.41) is 17.1. The van der Waals surface area contributed by atoms with Crippen LogP contribution in [0.2, 0.25) is 0 Å². The van der Waals surface area contributed by atoms with E-state index in [2.05, 4.69) is 12.1 Å². The van der Waals surface area contributed by atoms with Crippen LogP contribution in [0.15, 0.2) is 35.2 Å². The predicted octanol–water partition coefficient (Wildman–Crippen LogP) is 3.85. The Labute approximate surface area is 145 Å². The Bertz CT molecular complexity index is 621. The van der Waals surface area contributed by atoms with E-state index in [0.717, 1.165) is 38.5 Å². The standard InChI is InChI=1S/C18H25N3O2S/c19-14-8-1-3-10-16-21(17-11-4-2-9-15-20)24(22,23)18-12-6-5-7-13-18/h5-7,12-13H,1-4,8-11,16-17H2. The lowest BCUT2D eigenvalue weighted by molar-refractivity contribution is 0.387. The Hall–Kier alpha value is -1.89. The molecule has 0 heterocycles. The molecule has 1 aromatic carbocycles. The second-order valence-electron chi connectivity index (χ2n) is 5.65. The third-order valence-electron chi connectivity index (χ3n) is 3.77. The number of sulfonamides is 1. The van der Waals surface area contributed by atoms with Gasteiger partial charge in [0.25, 0.3) is 0 Å². The monoisotopic (exact) mass is 347 g/mol. The zero-order valence-electron chi connectivity index (χ0n) is 14.0. The van der Waals surface area contributed by atoms with Gasteiger partial charge in [0.2, 0.25) is 10.0 Å². The van der Waals surface area contributed by atoms with Gasteiger partial charge in [-0.25, -0.2) is 8.42 Å². The Kier molecular flexibility index (Phi) is 9.76. The Morgan fingerprint density at radius 3 is 1.75 bits per heavy atom. The number of nitriles is 2. The lowest BCUT2D eigenvalue weighted by Gasteiger charge is -2.22. The first-order valence-electron chi connectivity index (χ1n) is 8.42. The zero-order valence-corrected chi connectivity index (χ0v) is 14.8. The van der Waals surface area contributed by atoms with Gasteiger partial charge in [-0.1, -0.05) is 31.0 Å². The lowest BCUT2D eigenvalue weighted by atomic mass is 10.2. The molecule has 24 heavy (non-hydrogen) atoms. The highest BCUT2D eigenvalue weighted by Crippen LogP contribution is 2.17. The maximum Gasteiger partial charge on any atom is 0.243 e. The second kappa shape index (κ2) is 11.6. The SMILES string of the molecule is N#CCCCCCN(CCCCCC#N)S(=O)(=O)c1ccccc1. The molecule has 0 aliphatic carbocycles. The number of nitrogens with zero attached hydrogens (tertiary/aromatic N) is 3. The average molecular weight is 347 g/mol. The van der Waals surface area contributed by atoms with Crippen molar-refractivity contribution in [2.45, 2.75) is 56.3 Å². The van der Waals surface area contributed by atoms with Crippen LogP contribution in [-0.4, -0.2) is 25.8 Å². The van der Waals surface area contributed by atoms with Crippen molar-refractivity contribution in [1.29, 1.82) is 10.5 Å². The van der Waals surface area contributed by atoms with Crippen LogP contribution in [0.25, 0.3) is 0 Å². The number of rotatable bonds is 12. The summed E-state index contributed by atoms with van der Waals surface area (Å²) in [6.45, 7) is 0.946. The molecule has 6 heteroatoms. The minimum Gasteiger partial charge on any atom is -0.207 e. The smallest absolute Gasteiger partial charge is 0.207 e. The summed E-state index contributed by atoms with van der Waals surface area (Å²) in [5.74, 6) is 0. The maximum atomic E-state index is 12.8. The second-order valence-corrected chi connectivity index (χ2v) is 7.59. The number of unbranched alkanes of at least 4 members (excludes halogenated alkanes) is 6. The minimum atomic E-state index is -3.48. The van der Waals surface area contributed by atoms with Crippen molar-refractivity contribution in [3.63, 3.8) is 0 Å². The van der Waals surface area contributed by atoms with Crippen LogP contribution in [0.4, 0.5) is 0 Å². The Morgan fingerprint density at radius 1 is 0.792 bits per heavy atom. The molecule has 0 aromatic heterocycles. The predicted molar refractivity (Wildman–Crippen MR) is 93.4 cm³/mol. The highest BCUT2D eigenvalue weighted by atomic mass is 32.2. The van der Waals surface area contributed by atoms with Gasteiger partial charge in [0.05, 0.1) is 17.0 Å². The quantitative estimate of drug-likeness (QED) is 0.538. The van der Waals surface area contributed by atoms with Gasteiger partial charge in [0.15, 0.2) is 0 Å². The first-order valence-corrected chi connectivity index (χ1v) is 9.86. The molecule has 0 saturated carbocycles. The van der Waals surface area contributed by atoms with Crippen LogP contribution in [0, 0.1) is 22.7 Å². The molecule has 0 bridgehead atoms. The van der Waals surface area contributed by atoms with Gasteiger partial charge in [-0.2, -0.15) is 14.8 Å². The lowest BCUT2D eigenvalue weighted by Crippen LogP contribution is -2.33. The van der Waals surface area contributed by atoms with Crippen LogP contribution >= 0.6 is 0 Å². The molecule has 1 rings (SSSR count). The molecule has 0 fully saturated rings.